The highest BCUT2D eigenvalue weighted by molar-refractivity contribution is 6.12. The lowest BCUT2D eigenvalue weighted by Gasteiger charge is -2.10. The Labute approximate surface area is 284 Å². The standard InChI is InChI=1S/C44H25N3O3/c1-4-13-39-31(8-1)32-10-7-9-30(42(32)48-39)26-16-20-29(21-17-26)47-37-22-18-27(43-45-35-11-2-5-14-40(35)49-43)24-33(37)34-25-28(19-23-38(34)47)44-46-36-12-3-6-15-41(36)50-44/h1-25H. The van der Waals surface area contributed by atoms with Crippen molar-refractivity contribution in [2.45, 2.75) is 0 Å². The molecule has 0 saturated carbocycles. The lowest BCUT2D eigenvalue weighted by Crippen LogP contribution is -1.94. The third-order valence-electron chi connectivity index (χ3n) is 9.69. The maximum Gasteiger partial charge on any atom is 0.227 e. The fraction of sp³-hybridized carbons (Fsp3) is 0. The van der Waals surface area contributed by atoms with Gasteiger partial charge in [0.2, 0.25) is 11.8 Å². The molecule has 4 heterocycles. The minimum absolute atomic E-state index is 0.591. The topological polar surface area (TPSA) is 70.1 Å². The molecule has 0 fully saturated rings. The van der Waals surface area contributed by atoms with Crippen molar-refractivity contribution in [1.82, 2.24) is 14.5 Å². The zero-order valence-corrected chi connectivity index (χ0v) is 26.5. The van der Waals surface area contributed by atoms with E-state index in [2.05, 4.69) is 95.6 Å². The number of hydrogen-bond donors (Lipinski definition) is 0. The lowest BCUT2D eigenvalue weighted by molar-refractivity contribution is 0.619. The van der Waals surface area contributed by atoms with Crippen LogP contribution in [0.4, 0.5) is 0 Å². The van der Waals surface area contributed by atoms with E-state index >= 15 is 0 Å². The summed E-state index contributed by atoms with van der Waals surface area (Å²) in [6, 6.07) is 51.8. The van der Waals surface area contributed by atoms with Gasteiger partial charge in [-0.05, 0) is 84.4 Å². The van der Waals surface area contributed by atoms with E-state index in [-0.39, 0.29) is 0 Å². The first kappa shape index (κ1) is 27.1. The minimum atomic E-state index is 0.591. The highest BCUT2D eigenvalue weighted by Gasteiger charge is 2.19. The summed E-state index contributed by atoms with van der Waals surface area (Å²) in [4.78, 5) is 9.58. The summed E-state index contributed by atoms with van der Waals surface area (Å²) in [5.41, 5.74) is 12.2. The number of oxazole rings is 2. The summed E-state index contributed by atoms with van der Waals surface area (Å²) in [5, 5.41) is 4.40. The predicted octanol–water partition coefficient (Wildman–Crippen LogP) is 12.0. The van der Waals surface area contributed by atoms with Crippen LogP contribution in [0.5, 0.6) is 0 Å². The largest absolute Gasteiger partial charge is 0.455 e. The number of hydrogen-bond acceptors (Lipinski definition) is 5. The third kappa shape index (κ3) is 4.02. The summed E-state index contributed by atoms with van der Waals surface area (Å²) >= 11 is 0. The van der Waals surface area contributed by atoms with Crippen molar-refractivity contribution in [3.63, 3.8) is 0 Å². The molecule has 0 radical (unpaired) electrons. The number of benzene rings is 7. The van der Waals surface area contributed by atoms with Gasteiger partial charge in [0.1, 0.15) is 22.2 Å². The molecule has 7 aromatic carbocycles. The van der Waals surface area contributed by atoms with Crippen molar-refractivity contribution in [3.8, 4) is 39.7 Å². The van der Waals surface area contributed by atoms with E-state index < -0.39 is 0 Å². The highest BCUT2D eigenvalue weighted by Crippen LogP contribution is 2.40. The van der Waals surface area contributed by atoms with Gasteiger partial charge in [-0.2, -0.15) is 0 Å². The van der Waals surface area contributed by atoms with Crippen LogP contribution in [0.2, 0.25) is 0 Å². The third-order valence-corrected chi connectivity index (χ3v) is 9.69. The summed E-state index contributed by atoms with van der Waals surface area (Å²) in [6.07, 6.45) is 0. The molecule has 0 amide bonds. The van der Waals surface area contributed by atoms with Crippen LogP contribution in [0.15, 0.2) is 165 Å². The quantitative estimate of drug-likeness (QED) is 0.191. The summed E-state index contributed by atoms with van der Waals surface area (Å²) in [7, 11) is 0. The van der Waals surface area contributed by atoms with Crippen molar-refractivity contribution in [3.05, 3.63) is 152 Å². The number of para-hydroxylation sites is 6. The van der Waals surface area contributed by atoms with Gasteiger partial charge in [0.15, 0.2) is 11.2 Å². The molecule has 0 aliphatic rings. The van der Waals surface area contributed by atoms with Crippen molar-refractivity contribution in [2.75, 3.05) is 0 Å². The number of furan rings is 1. The molecule has 4 aromatic heterocycles. The van der Waals surface area contributed by atoms with Crippen LogP contribution >= 0.6 is 0 Å². The molecule has 11 rings (SSSR count). The number of rotatable bonds is 4. The minimum Gasteiger partial charge on any atom is -0.455 e. The zero-order valence-electron chi connectivity index (χ0n) is 26.5. The summed E-state index contributed by atoms with van der Waals surface area (Å²) in [5.74, 6) is 1.18. The molecule has 0 saturated heterocycles. The van der Waals surface area contributed by atoms with Crippen LogP contribution in [-0.4, -0.2) is 14.5 Å². The van der Waals surface area contributed by atoms with Gasteiger partial charge in [0.05, 0.1) is 11.0 Å². The van der Waals surface area contributed by atoms with E-state index in [1.54, 1.807) is 0 Å². The van der Waals surface area contributed by atoms with Crippen molar-refractivity contribution in [2.24, 2.45) is 0 Å². The lowest BCUT2D eigenvalue weighted by atomic mass is 10.0. The Morgan fingerprint density at radius 2 is 0.940 bits per heavy atom. The fourth-order valence-corrected chi connectivity index (χ4v) is 7.32. The Kier molecular flexibility index (Phi) is 5.57. The molecule has 0 spiro atoms. The van der Waals surface area contributed by atoms with Crippen LogP contribution < -0.4 is 0 Å². The maximum absolute atomic E-state index is 6.36. The van der Waals surface area contributed by atoms with Crippen molar-refractivity contribution in [1.29, 1.82) is 0 Å². The van der Waals surface area contributed by atoms with Gasteiger partial charge >= 0.3 is 0 Å². The first-order valence-corrected chi connectivity index (χ1v) is 16.6. The molecule has 0 atom stereocenters. The monoisotopic (exact) mass is 643 g/mol. The molecule has 0 unspecified atom stereocenters. The first-order valence-electron chi connectivity index (χ1n) is 16.6. The Balaban J connectivity index is 1.09. The number of aromatic nitrogens is 3. The van der Waals surface area contributed by atoms with Gasteiger partial charge in [0.25, 0.3) is 0 Å². The molecule has 234 valence electrons. The van der Waals surface area contributed by atoms with Gasteiger partial charge in [0, 0.05) is 43.9 Å². The van der Waals surface area contributed by atoms with Crippen LogP contribution in [0.1, 0.15) is 0 Å². The zero-order chi connectivity index (χ0) is 32.8. The second kappa shape index (κ2) is 10.3. The van der Waals surface area contributed by atoms with E-state index in [4.69, 9.17) is 23.2 Å². The fourth-order valence-electron chi connectivity index (χ4n) is 7.32. The van der Waals surface area contributed by atoms with Crippen molar-refractivity contribution >= 4 is 65.9 Å². The van der Waals surface area contributed by atoms with Crippen LogP contribution in [0.25, 0.3) is 106 Å². The molecule has 0 aliphatic heterocycles. The van der Waals surface area contributed by atoms with Gasteiger partial charge in [-0.3, -0.25) is 0 Å². The van der Waals surface area contributed by atoms with Gasteiger partial charge in [-0.15, -0.1) is 0 Å². The first-order chi connectivity index (χ1) is 24.7. The number of fused-ring (bicyclic) bond motifs is 8. The summed E-state index contributed by atoms with van der Waals surface area (Å²) in [6.45, 7) is 0. The molecule has 11 aromatic rings. The molecule has 50 heavy (non-hydrogen) atoms. The van der Waals surface area contributed by atoms with E-state index in [1.165, 1.54) is 0 Å². The molecule has 6 nitrogen and oxygen atoms in total. The second-order valence-electron chi connectivity index (χ2n) is 12.6. The smallest absolute Gasteiger partial charge is 0.227 e. The van der Waals surface area contributed by atoms with E-state index in [0.29, 0.717) is 11.8 Å². The average Bonchev–Trinajstić information content (AvgIpc) is 3.96. The molecule has 6 heteroatoms. The highest BCUT2D eigenvalue weighted by atomic mass is 16.4. The molecule has 0 aliphatic carbocycles. The van der Waals surface area contributed by atoms with Crippen LogP contribution in [0.3, 0.4) is 0 Å². The van der Waals surface area contributed by atoms with E-state index in [1.807, 2.05) is 60.7 Å². The van der Waals surface area contributed by atoms with Gasteiger partial charge in [-0.1, -0.05) is 72.8 Å². The van der Waals surface area contributed by atoms with E-state index in [0.717, 1.165) is 93.9 Å². The Morgan fingerprint density at radius 1 is 0.400 bits per heavy atom. The van der Waals surface area contributed by atoms with Gasteiger partial charge in [-0.25, -0.2) is 9.97 Å². The normalized spacial score (nSPS) is 12.0. The number of nitrogens with zero attached hydrogens (tertiary/aromatic N) is 3. The molecular formula is C44H25N3O3. The van der Waals surface area contributed by atoms with E-state index in [9.17, 15) is 0 Å². The SMILES string of the molecule is c1ccc2oc(-c3ccc4c(c3)c3cc(-c5nc6ccccc6o5)ccc3n4-c3ccc(-c4cccc5c4oc4ccccc45)cc3)nc2c1. The van der Waals surface area contributed by atoms with Crippen LogP contribution in [-0.2, 0) is 0 Å². The second-order valence-corrected chi connectivity index (χ2v) is 12.6. The molecule has 0 bridgehead atoms. The Bertz CT molecular complexity index is 2910. The van der Waals surface area contributed by atoms with Crippen LogP contribution in [0, 0.1) is 0 Å². The molecule has 0 N–H and O–H groups in total. The van der Waals surface area contributed by atoms with Gasteiger partial charge < -0.3 is 17.8 Å². The average molecular weight is 644 g/mol. The molecular weight excluding hydrogens is 619 g/mol. The Morgan fingerprint density at radius 3 is 1.56 bits per heavy atom. The van der Waals surface area contributed by atoms with Crippen molar-refractivity contribution < 1.29 is 13.3 Å². The maximum atomic E-state index is 6.36. The Hall–Kier alpha value is -6.92. The predicted molar refractivity (Wildman–Crippen MR) is 200 cm³/mol. The summed E-state index contributed by atoms with van der Waals surface area (Å²) < 4.78 is 21.0.